The van der Waals surface area contributed by atoms with Gasteiger partial charge in [0.15, 0.2) is 5.82 Å². The van der Waals surface area contributed by atoms with E-state index in [0.29, 0.717) is 31.1 Å². The minimum Gasteiger partial charge on any atom is -0.404 e. The van der Waals surface area contributed by atoms with Gasteiger partial charge in [0.2, 0.25) is 0 Å². The maximum absolute atomic E-state index is 13.1. The Morgan fingerprint density at radius 2 is 2.15 bits per heavy atom. The van der Waals surface area contributed by atoms with E-state index < -0.39 is 0 Å². The number of allylic oxidation sites excluding steroid dienone is 1. The molecule has 0 unspecified atom stereocenters. The molecule has 1 aliphatic rings. The molecule has 9 heteroatoms. The number of nitrogens with two attached hydrogens (primary N) is 1. The summed E-state index contributed by atoms with van der Waals surface area (Å²) in [6.45, 7) is 3.31. The molecule has 3 aromatic rings. The van der Waals surface area contributed by atoms with Crippen LogP contribution in [0.15, 0.2) is 54.0 Å². The van der Waals surface area contributed by atoms with Gasteiger partial charge in [-0.25, -0.2) is 9.67 Å². The van der Waals surface area contributed by atoms with Crippen LogP contribution in [-0.2, 0) is 11.2 Å². The number of ether oxygens (including phenoxy) is 1. The smallest absolute Gasteiger partial charge is 0.270 e. The van der Waals surface area contributed by atoms with Crippen molar-refractivity contribution >= 4 is 17.7 Å². The number of hydrogen-bond acceptors (Lipinski definition) is 7. The molecule has 3 aromatic heterocycles. The number of carbonyl (C=O) groups excluding carboxylic acids is 1. The fourth-order valence-corrected chi connectivity index (χ4v) is 3.92. The van der Waals surface area contributed by atoms with Crippen LogP contribution >= 0.6 is 0 Å². The highest BCUT2D eigenvalue weighted by molar-refractivity contribution is 6.08. The van der Waals surface area contributed by atoms with Crippen molar-refractivity contribution in [3.05, 3.63) is 77.1 Å². The summed E-state index contributed by atoms with van der Waals surface area (Å²) in [5.74, 6) is 0.448. The Kier molecular flexibility index (Phi) is 7.44. The molecule has 4 heterocycles. The van der Waals surface area contributed by atoms with Crippen molar-refractivity contribution in [2.24, 2.45) is 10.7 Å². The van der Waals surface area contributed by atoms with Crippen molar-refractivity contribution in [3.63, 3.8) is 0 Å². The lowest BCUT2D eigenvalue weighted by Gasteiger charge is -2.23. The highest BCUT2D eigenvalue weighted by Gasteiger charge is 2.20. The summed E-state index contributed by atoms with van der Waals surface area (Å²) in [5.41, 5.74) is 10.5. The number of nitrogens with one attached hydrogen (secondary N) is 1. The zero-order valence-corrected chi connectivity index (χ0v) is 19.4. The molecule has 0 radical (unpaired) electrons. The number of aromatic nitrogens is 4. The van der Waals surface area contributed by atoms with Crippen LogP contribution < -0.4 is 11.1 Å². The van der Waals surface area contributed by atoms with Gasteiger partial charge >= 0.3 is 0 Å². The Balaban J connectivity index is 1.64. The standard InChI is InChI=1S/C25H29N7O2/c1-17-19(12-18-4-5-22(28-15-18)20(14-26)16-27-2)13-23(31-24(17)32-9-3-8-29-32)25(33)30-21-6-10-34-11-7-21/h3-5,8-9,13-16,21H,6-7,10-12,26H2,1-2H3,(H,30,33)/b20-14+,27-16?. The number of aliphatic imine (C=N–C) groups is 1. The molecule has 0 atom stereocenters. The minimum atomic E-state index is -0.188. The summed E-state index contributed by atoms with van der Waals surface area (Å²) in [5, 5.41) is 7.44. The number of carbonyl (C=O) groups is 1. The van der Waals surface area contributed by atoms with Crippen LogP contribution in [0, 0.1) is 6.92 Å². The Morgan fingerprint density at radius 3 is 2.79 bits per heavy atom. The average molecular weight is 460 g/mol. The van der Waals surface area contributed by atoms with Gasteiger partial charge in [-0.05, 0) is 61.1 Å². The quantitative estimate of drug-likeness (QED) is 0.524. The summed E-state index contributed by atoms with van der Waals surface area (Å²) in [6.07, 6.45) is 10.7. The second-order valence-corrected chi connectivity index (χ2v) is 8.16. The van der Waals surface area contributed by atoms with Gasteiger partial charge in [-0.1, -0.05) is 6.07 Å². The van der Waals surface area contributed by atoms with Gasteiger partial charge in [0.25, 0.3) is 5.91 Å². The lowest BCUT2D eigenvalue weighted by atomic mass is 10.0. The van der Waals surface area contributed by atoms with E-state index in [-0.39, 0.29) is 11.9 Å². The first-order valence-corrected chi connectivity index (χ1v) is 11.3. The molecular weight excluding hydrogens is 430 g/mol. The zero-order chi connectivity index (χ0) is 23.9. The molecule has 0 bridgehead atoms. The Hall–Kier alpha value is -3.85. The first-order valence-electron chi connectivity index (χ1n) is 11.3. The van der Waals surface area contributed by atoms with Crippen LogP contribution in [0.25, 0.3) is 11.4 Å². The third kappa shape index (κ3) is 5.37. The van der Waals surface area contributed by atoms with Gasteiger partial charge in [-0.2, -0.15) is 5.10 Å². The first kappa shape index (κ1) is 23.3. The number of nitrogens with zero attached hydrogens (tertiary/aromatic N) is 5. The van der Waals surface area contributed by atoms with Gasteiger partial charge in [-0.3, -0.25) is 14.8 Å². The molecule has 176 valence electrons. The highest BCUT2D eigenvalue weighted by atomic mass is 16.5. The molecule has 34 heavy (non-hydrogen) atoms. The van der Waals surface area contributed by atoms with Gasteiger partial charge in [0.05, 0.1) is 5.69 Å². The molecule has 0 aliphatic carbocycles. The highest BCUT2D eigenvalue weighted by Crippen LogP contribution is 2.21. The van der Waals surface area contributed by atoms with Crippen molar-refractivity contribution < 1.29 is 9.53 Å². The van der Waals surface area contributed by atoms with E-state index in [9.17, 15) is 4.79 Å². The van der Waals surface area contributed by atoms with E-state index >= 15 is 0 Å². The second-order valence-electron chi connectivity index (χ2n) is 8.16. The van der Waals surface area contributed by atoms with Gasteiger partial charge in [-0.15, -0.1) is 0 Å². The summed E-state index contributed by atoms with van der Waals surface area (Å²) in [6, 6.07) is 7.71. The largest absolute Gasteiger partial charge is 0.404 e. The fourth-order valence-electron chi connectivity index (χ4n) is 3.92. The number of rotatable bonds is 7. The van der Waals surface area contributed by atoms with Crippen molar-refractivity contribution in [2.45, 2.75) is 32.2 Å². The Morgan fingerprint density at radius 1 is 1.32 bits per heavy atom. The lowest BCUT2D eigenvalue weighted by Crippen LogP contribution is -2.39. The predicted octanol–water partition coefficient (Wildman–Crippen LogP) is 2.47. The lowest BCUT2D eigenvalue weighted by molar-refractivity contribution is 0.0694. The normalized spacial score (nSPS) is 15.1. The average Bonchev–Trinajstić information content (AvgIpc) is 3.40. The van der Waals surface area contributed by atoms with E-state index in [1.807, 2.05) is 43.6 Å². The topological polar surface area (TPSA) is 120 Å². The van der Waals surface area contributed by atoms with Crippen molar-refractivity contribution in [2.75, 3.05) is 20.3 Å². The Bertz CT molecular complexity index is 1180. The summed E-state index contributed by atoms with van der Waals surface area (Å²) in [7, 11) is 1.69. The molecule has 0 spiro atoms. The molecule has 1 fully saturated rings. The van der Waals surface area contributed by atoms with Gasteiger partial charge in [0.1, 0.15) is 5.69 Å². The van der Waals surface area contributed by atoms with E-state index in [1.54, 1.807) is 24.1 Å². The van der Waals surface area contributed by atoms with E-state index in [1.165, 1.54) is 6.20 Å². The Labute approximate surface area is 198 Å². The number of pyridine rings is 2. The third-order valence-electron chi connectivity index (χ3n) is 5.83. The molecule has 0 aromatic carbocycles. The van der Waals surface area contributed by atoms with Crippen molar-refractivity contribution in [1.82, 2.24) is 25.1 Å². The molecule has 3 N–H and O–H groups in total. The van der Waals surface area contributed by atoms with E-state index in [2.05, 4.69) is 25.4 Å². The zero-order valence-electron chi connectivity index (χ0n) is 19.4. The predicted molar refractivity (Wildman–Crippen MR) is 131 cm³/mol. The minimum absolute atomic E-state index is 0.0918. The van der Waals surface area contributed by atoms with E-state index in [4.69, 9.17) is 10.5 Å². The van der Waals surface area contributed by atoms with Crippen LogP contribution in [0.1, 0.15) is 45.7 Å². The number of hydrogen-bond donors (Lipinski definition) is 2. The molecule has 1 aliphatic heterocycles. The maximum atomic E-state index is 13.1. The summed E-state index contributed by atoms with van der Waals surface area (Å²) in [4.78, 5) is 26.3. The SMILES string of the molecule is CN=C/C(=C\N)c1ccc(Cc2cc(C(=O)NC3CCOCC3)nc(-n3cccn3)c2C)cn1. The van der Waals surface area contributed by atoms with Crippen molar-refractivity contribution in [3.8, 4) is 5.82 Å². The molecular formula is C25H29N7O2. The van der Waals surface area contributed by atoms with Crippen LogP contribution in [0.3, 0.4) is 0 Å². The van der Waals surface area contributed by atoms with Crippen LogP contribution in [0.4, 0.5) is 0 Å². The fraction of sp³-hybridized carbons (Fsp3) is 0.320. The van der Waals surface area contributed by atoms with Gasteiger partial charge < -0.3 is 15.8 Å². The molecule has 1 amide bonds. The van der Waals surface area contributed by atoms with Crippen molar-refractivity contribution in [1.29, 1.82) is 0 Å². The second kappa shape index (κ2) is 10.8. The first-order chi connectivity index (χ1) is 16.6. The van der Waals surface area contributed by atoms with E-state index in [0.717, 1.165) is 40.8 Å². The molecule has 0 saturated carbocycles. The maximum Gasteiger partial charge on any atom is 0.270 e. The molecule has 9 nitrogen and oxygen atoms in total. The monoisotopic (exact) mass is 459 g/mol. The van der Waals surface area contributed by atoms with Crippen LogP contribution in [0.2, 0.25) is 0 Å². The van der Waals surface area contributed by atoms with Gasteiger partial charge in [0, 0.05) is 62.9 Å². The number of amides is 1. The molecule has 4 rings (SSSR count). The molecule has 1 saturated heterocycles. The summed E-state index contributed by atoms with van der Waals surface area (Å²) < 4.78 is 7.09. The summed E-state index contributed by atoms with van der Waals surface area (Å²) >= 11 is 0. The third-order valence-corrected chi connectivity index (χ3v) is 5.83. The van der Waals surface area contributed by atoms with Crippen LogP contribution in [0.5, 0.6) is 0 Å². The van der Waals surface area contributed by atoms with Crippen LogP contribution in [-0.4, -0.2) is 58.2 Å².